The molecule has 0 atom stereocenters. The molecule has 116 valence electrons. The number of Topliss-reactive ketones (excluding diaryl/α,β-unsaturated/α-hetero) is 1. The predicted octanol–water partition coefficient (Wildman–Crippen LogP) is 4.17. The van der Waals surface area contributed by atoms with E-state index < -0.39 is 20.9 Å². The van der Waals surface area contributed by atoms with Gasteiger partial charge in [0.15, 0.2) is 0 Å². The van der Waals surface area contributed by atoms with Crippen molar-refractivity contribution in [2.24, 2.45) is 0 Å². The third-order valence-electron chi connectivity index (χ3n) is 3.91. The molecular weight excluding hydrogens is 384 g/mol. The molecule has 2 rings (SSSR count). The molecule has 0 amide bonds. The van der Waals surface area contributed by atoms with Gasteiger partial charge in [-0.15, -0.1) is 0 Å². The Kier molecular flexibility index (Phi) is 5.48. The summed E-state index contributed by atoms with van der Waals surface area (Å²) < 4.78 is 2.16. The molecule has 0 aliphatic rings. The molecule has 0 heterocycles. The monoisotopic (exact) mass is 410 g/mol. The first-order valence-electron chi connectivity index (χ1n) is 7.61. The number of benzene rings is 2. The maximum absolute atomic E-state index is 12.7. The van der Waals surface area contributed by atoms with E-state index in [0.717, 1.165) is 16.7 Å². The SMILES string of the molecule is Cc1cc(C)c([Te]CC(=O)c2c(C)cc(C)cc2C)c(C)c1. The van der Waals surface area contributed by atoms with Crippen LogP contribution < -0.4 is 3.61 Å². The third-order valence-corrected chi connectivity index (χ3v) is 7.73. The van der Waals surface area contributed by atoms with Crippen molar-refractivity contribution in [3.8, 4) is 0 Å². The van der Waals surface area contributed by atoms with Crippen LogP contribution >= 0.6 is 0 Å². The van der Waals surface area contributed by atoms with E-state index in [0.29, 0.717) is 10.3 Å². The van der Waals surface area contributed by atoms with Gasteiger partial charge in [0.05, 0.1) is 0 Å². The van der Waals surface area contributed by atoms with Gasteiger partial charge in [0, 0.05) is 0 Å². The first kappa shape index (κ1) is 17.3. The van der Waals surface area contributed by atoms with Gasteiger partial charge in [-0.3, -0.25) is 0 Å². The van der Waals surface area contributed by atoms with Crippen LogP contribution in [0.4, 0.5) is 0 Å². The van der Waals surface area contributed by atoms with Crippen LogP contribution in [-0.4, -0.2) is 26.7 Å². The summed E-state index contributed by atoms with van der Waals surface area (Å²) in [5, 5.41) is 0. The minimum atomic E-state index is -0.479. The molecule has 1 nitrogen and oxygen atoms in total. The van der Waals surface area contributed by atoms with E-state index in [2.05, 4.69) is 65.8 Å². The van der Waals surface area contributed by atoms with Gasteiger partial charge in [-0.2, -0.15) is 0 Å². The van der Waals surface area contributed by atoms with Crippen molar-refractivity contribution in [1.29, 1.82) is 0 Å². The molecule has 0 bridgehead atoms. The molecule has 0 fully saturated rings. The van der Waals surface area contributed by atoms with E-state index in [1.807, 2.05) is 0 Å². The topological polar surface area (TPSA) is 17.1 Å². The van der Waals surface area contributed by atoms with Crippen molar-refractivity contribution in [2.45, 2.75) is 46.0 Å². The molecule has 2 heteroatoms. The molecule has 22 heavy (non-hydrogen) atoms. The van der Waals surface area contributed by atoms with Crippen molar-refractivity contribution < 1.29 is 4.79 Å². The van der Waals surface area contributed by atoms with Crippen LogP contribution in [0.2, 0.25) is 4.47 Å². The van der Waals surface area contributed by atoms with Gasteiger partial charge in [-0.05, 0) is 0 Å². The third kappa shape index (κ3) is 3.80. The second-order valence-corrected chi connectivity index (χ2v) is 9.03. The van der Waals surface area contributed by atoms with Crippen molar-refractivity contribution in [1.82, 2.24) is 0 Å². The number of carbonyl (C=O) groups is 1. The molecule has 0 aromatic heterocycles. The zero-order valence-corrected chi connectivity index (χ0v) is 16.7. The molecule has 0 spiro atoms. The average molecular weight is 408 g/mol. The molecule has 0 aliphatic heterocycles. The van der Waals surface area contributed by atoms with Crippen LogP contribution in [0.5, 0.6) is 0 Å². The van der Waals surface area contributed by atoms with E-state index >= 15 is 0 Å². The summed E-state index contributed by atoms with van der Waals surface area (Å²) in [7, 11) is 0. The fraction of sp³-hybridized carbons (Fsp3) is 0.350. The van der Waals surface area contributed by atoms with Gasteiger partial charge in [-0.25, -0.2) is 0 Å². The van der Waals surface area contributed by atoms with Gasteiger partial charge >= 0.3 is 144 Å². The predicted molar refractivity (Wildman–Crippen MR) is 95.8 cm³/mol. The van der Waals surface area contributed by atoms with Gasteiger partial charge in [0.25, 0.3) is 0 Å². The molecule has 2 aromatic rings. The standard InChI is InChI=1S/C20H24OTe/c1-12-7-14(3)19(15(4)8-12)18(21)11-22-20-16(5)9-13(2)10-17(20)6/h7-10H,11H2,1-6H3. The van der Waals surface area contributed by atoms with Crippen LogP contribution in [0, 0.1) is 41.5 Å². The van der Waals surface area contributed by atoms with Crippen molar-refractivity contribution >= 4 is 30.3 Å². The number of hydrogen-bond donors (Lipinski definition) is 0. The summed E-state index contributed by atoms with van der Waals surface area (Å²) in [5.41, 5.74) is 8.42. The molecule has 0 aliphatic carbocycles. The number of aryl methyl sites for hydroxylation is 6. The van der Waals surface area contributed by atoms with E-state index in [1.165, 1.54) is 25.9 Å². The van der Waals surface area contributed by atoms with E-state index in [-0.39, 0.29) is 0 Å². The molecular formula is C20H24OTe. The molecule has 0 N–H and O–H groups in total. The Hall–Kier alpha value is -1.10. The summed E-state index contributed by atoms with van der Waals surface area (Å²) in [4.78, 5) is 12.7. The number of carbonyl (C=O) groups excluding carboxylic acids is 1. The van der Waals surface area contributed by atoms with E-state index in [1.54, 1.807) is 0 Å². The van der Waals surface area contributed by atoms with Gasteiger partial charge in [0.2, 0.25) is 0 Å². The normalized spacial score (nSPS) is 10.8. The summed E-state index contributed by atoms with van der Waals surface area (Å²) in [6.45, 7) is 12.7. The van der Waals surface area contributed by atoms with Crippen molar-refractivity contribution in [3.63, 3.8) is 0 Å². The van der Waals surface area contributed by atoms with Crippen LogP contribution in [-0.2, 0) is 0 Å². The Balaban J connectivity index is 2.21. The average Bonchev–Trinajstić information content (AvgIpc) is 2.35. The van der Waals surface area contributed by atoms with Gasteiger partial charge in [0.1, 0.15) is 0 Å². The van der Waals surface area contributed by atoms with E-state index in [4.69, 9.17) is 0 Å². The zero-order valence-electron chi connectivity index (χ0n) is 14.3. The number of ketones is 1. The molecule has 0 unspecified atom stereocenters. The molecule has 0 radical (unpaired) electrons. The first-order chi connectivity index (χ1) is 10.3. The Morgan fingerprint density at radius 2 is 1.18 bits per heavy atom. The minimum absolute atomic E-state index is 0.316. The van der Waals surface area contributed by atoms with Crippen LogP contribution in [0.15, 0.2) is 24.3 Å². The van der Waals surface area contributed by atoms with Gasteiger partial charge in [-0.1, -0.05) is 0 Å². The Morgan fingerprint density at radius 3 is 1.64 bits per heavy atom. The quantitative estimate of drug-likeness (QED) is 0.549. The number of rotatable bonds is 4. The Morgan fingerprint density at radius 1 is 0.773 bits per heavy atom. The summed E-state index contributed by atoms with van der Waals surface area (Å²) in [6.07, 6.45) is 0. The van der Waals surface area contributed by atoms with Gasteiger partial charge < -0.3 is 0 Å². The van der Waals surface area contributed by atoms with Crippen LogP contribution in [0.3, 0.4) is 0 Å². The second kappa shape index (κ2) is 6.99. The van der Waals surface area contributed by atoms with Crippen molar-refractivity contribution in [2.75, 3.05) is 0 Å². The first-order valence-corrected chi connectivity index (χ1v) is 10.4. The van der Waals surface area contributed by atoms with Crippen molar-refractivity contribution in [3.05, 3.63) is 63.2 Å². The fourth-order valence-electron chi connectivity index (χ4n) is 3.22. The Labute approximate surface area is 144 Å². The maximum atomic E-state index is 12.7. The summed E-state index contributed by atoms with van der Waals surface area (Å²) >= 11 is -0.479. The molecule has 0 saturated heterocycles. The van der Waals surface area contributed by atoms with Crippen LogP contribution in [0.25, 0.3) is 0 Å². The van der Waals surface area contributed by atoms with Crippen LogP contribution in [0.1, 0.15) is 43.7 Å². The zero-order chi connectivity index (χ0) is 16.4. The molecule has 0 saturated carbocycles. The summed E-state index contributed by atoms with van der Waals surface area (Å²) in [6, 6.07) is 8.70. The molecule has 2 aromatic carbocycles. The number of hydrogen-bond acceptors (Lipinski definition) is 1. The Bertz CT molecular complexity index is 682. The fourth-order valence-corrected chi connectivity index (χ4v) is 6.06. The van der Waals surface area contributed by atoms with E-state index in [9.17, 15) is 4.79 Å². The summed E-state index contributed by atoms with van der Waals surface area (Å²) in [5.74, 6) is 0.316. The second-order valence-electron chi connectivity index (χ2n) is 6.21.